The lowest BCUT2D eigenvalue weighted by atomic mass is 9.93. The Kier molecular flexibility index (Phi) is 8.21. The van der Waals surface area contributed by atoms with Crippen LogP contribution in [0, 0.1) is 5.92 Å². The Labute approximate surface area is 146 Å². The van der Waals surface area contributed by atoms with E-state index in [1.54, 1.807) is 6.92 Å². The maximum atomic E-state index is 12.0. The molecule has 7 nitrogen and oxygen atoms in total. The lowest BCUT2D eigenvalue weighted by Crippen LogP contribution is -2.12. The summed E-state index contributed by atoms with van der Waals surface area (Å²) in [6.45, 7) is 1.61. The zero-order chi connectivity index (χ0) is 19.0. The second-order valence-electron chi connectivity index (χ2n) is 6.09. The van der Waals surface area contributed by atoms with E-state index in [-0.39, 0.29) is 48.8 Å². The van der Waals surface area contributed by atoms with Gasteiger partial charge >= 0.3 is 11.9 Å². The first kappa shape index (κ1) is 20.8. The molecule has 0 fully saturated rings. The number of carbonyl (C=O) groups excluding carboxylic acids is 3. The van der Waals surface area contributed by atoms with Crippen molar-refractivity contribution < 1.29 is 34.1 Å². The van der Waals surface area contributed by atoms with Gasteiger partial charge in [-0.15, -0.1) is 0 Å². The Bertz CT molecular complexity index is 601. The summed E-state index contributed by atoms with van der Waals surface area (Å²) in [4.78, 5) is 45.7. The van der Waals surface area contributed by atoms with Crippen molar-refractivity contribution in [3.8, 4) is 0 Å². The summed E-state index contributed by atoms with van der Waals surface area (Å²) in [6.07, 6.45) is 2.95. The van der Waals surface area contributed by atoms with E-state index in [0.29, 0.717) is 18.4 Å². The van der Waals surface area contributed by atoms with E-state index in [1.165, 1.54) is 19.3 Å². The van der Waals surface area contributed by atoms with Gasteiger partial charge in [-0.25, -0.2) is 0 Å². The smallest absolute Gasteiger partial charge is 0.305 e. The third-order valence-electron chi connectivity index (χ3n) is 4.05. The third-order valence-corrected chi connectivity index (χ3v) is 4.05. The van der Waals surface area contributed by atoms with E-state index in [1.807, 2.05) is 0 Å². The molecule has 0 amide bonds. The van der Waals surface area contributed by atoms with E-state index >= 15 is 0 Å². The molecule has 7 heteroatoms. The second-order valence-corrected chi connectivity index (χ2v) is 6.09. The average Bonchev–Trinajstić information content (AvgIpc) is 2.82. The lowest BCUT2D eigenvalue weighted by Gasteiger charge is -2.11. The van der Waals surface area contributed by atoms with Gasteiger partial charge in [0, 0.05) is 24.8 Å². The van der Waals surface area contributed by atoms with Gasteiger partial charge in [0.1, 0.15) is 0 Å². The predicted molar refractivity (Wildman–Crippen MR) is 88.7 cm³/mol. The van der Waals surface area contributed by atoms with E-state index in [0.717, 1.165) is 0 Å². The number of allylic oxidation sites excluding steroid dienone is 2. The molecule has 0 saturated heterocycles. The van der Waals surface area contributed by atoms with Crippen molar-refractivity contribution in [2.24, 2.45) is 5.92 Å². The van der Waals surface area contributed by atoms with Crippen LogP contribution in [-0.4, -0.2) is 46.9 Å². The number of aliphatic hydroxyl groups is 1. The molecule has 0 aromatic carbocycles. The van der Waals surface area contributed by atoms with Crippen LogP contribution in [0.15, 0.2) is 23.3 Å². The molecular weight excluding hydrogens is 328 g/mol. The maximum Gasteiger partial charge on any atom is 0.305 e. The fourth-order valence-corrected chi connectivity index (χ4v) is 2.80. The number of carbonyl (C=O) groups is 4. The molecule has 0 saturated carbocycles. The van der Waals surface area contributed by atoms with Crippen molar-refractivity contribution in [1.82, 2.24) is 0 Å². The fourth-order valence-electron chi connectivity index (χ4n) is 2.80. The minimum Gasteiger partial charge on any atom is -0.481 e. The zero-order valence-electron chi connectivity index (χ0n) is 14.5. The summed E-state index contributed by atoms with van der Waals surface area (Å²) < 4.78 is 4.51. The van der Waals surface area contributed by atoms with Crippen LogP contribution in [0.1, 0.15) is 45.4 Å². The molecule has 0 aromatic rings. The number of Topliss-reactive ketones (excluding diaryl/α,β-unsaturated/α-hetero) is 1. The highest BCUT2D eigenvalue weighted by Gasteiger charge is 2.33. The molecule has 0 spiro atoms. The number of hydrogen-bond acceptors (Lipinski definition) is 6. The summed E-state index contributed by atoms with van der Waals surface area (Å²) in [7, 11) is 1.31. The number of carboxylic acids is 1. The first-order valence-electron chi connectivity index (χ1n) is 8.21. The van der Waals surface area contributed by atoms with Crippen molar-refractivity contribution in [2.75, 3.05) is 7.11 Å². The first-order valence-corrected chi connectivity index (χ1v) is 8.21. The molecule has 0 bridgehead atoms. The van der Waals surface area contributed by atoms with Crippen LogP contribution >= 0.6 is 0 Å². The fraction of sp³-hybridized carbons (Fsp3) is 0.556. The Hall–Kier alpha value is -2.28. The molecule has 1 rings (SSSR count). The molecule has 0 aliphatic heterocycles. The van der Waals surface area contributed by atoms with Crippen LogP contribution in [-0.2, 0) is 23.9 Å². The summed E-state index contributed by atoms with van der Waals surface area (Å²) in [5, 5.41) is 18.9. The number of aliphatic hydroxyl groups excluding tert-OH is 1. The number of aliphatic carboxylic acids is 1. The van der Waals surface area contributed by atoms with E-state index in [4.69, 9.17) is 5.11 Å². The van der Waals surface area contributed by atoms with Crippen molar-refractivity contribution in [3.05, 3.63) is 23.3 Å². The molecule has 0 aromatic heterocycles. The molecule has 1 aliphatic rings. The Balaban J connectivity index is 2.69. The second kappa shape index (κ2) is 9.88. The number of ketones is 2. The van der Waals surface area contributed by atoms with Crippen LogP contribution in [0.3, 0.4) is 0 Å². The van der Waals surface area contributed by atoms with E-state index in [2.05, 4.69) is 4.74 Å². The van der Waals surface area contributed by atoms with Gasteiger partial charge in [-0.3, -0.25) is 19.2 Å². The molecule has 2 N–H and O–H groups in total. The highest BCUT2D eigenvalue weighted by molar-refractivity contribution is 6.01. The highest BCUT2D eigenvalue weighted by atomic mass is 16.5. The number of rotatable bonds is 10. The van der Waals surface area contributed by atoms with E-state index < -0.39 is 18.0 Å². The predicted octanol–water partition coefficient (Wildman–Crippen LogP) is 1.59. The number of carboxylic acid groups (broad SMARTS) is 1. The Morgan fingerprint density at radius 2 is 1.92 bits per heavy atom. The molecule has 138 valence electrons. The minimum atomic E-state index is -1.03. The Morgan fingerprint density at radius 1 is 1.28 bits per heavy atom. The van der Waals surface area contributed by atoms with Crippen LogP contribution in [0.2, 0.25) is 0 Å². The van der Waals surface area contributed by atoms with Gasteiger partial charge in [0.05, 0.1) is 19.6 Å². The maximum absolute atomic E-state index is 12.0. The third kappa shape index (κ3) is 6.62. The highest BCUT2D eigenvalue weighted by Crippen LogP contribution is 2.31. The topological polar surface area (TPSA) is 118 Å². The normalized spacial score (nSPS) is 18.7. The quantitative estimate of drug-likeness (QED) is 0.348. The van der Waals surface area contributed by atoms with Crippen LogP contribution in [0.4, 0.5) is 0 Å². The van der Waals surface area contributed by atoms with Crippen LogP contribution in [0.5, 0.6) is 0 Å². The molecule has 25 heavy (non-hydrogen) atoms. The van der Waals surface area contributed by atoms with Gasteiger partial charge in [0.15, 0.2) is 11.6 Å². The van der Waals surface area contributed by atoms with Crippen molar-refractivity contribution in [2.45, 2.75) is 51.6 Å². The van der Waals surface area contributed by atoms with Crippen LogP contribution < -0.4 is 0 Å². The lowest BCUT2D eigenvalue weighted by molar-refractivity contribution is -0.141. The average molecular weight is 352 g/mol. The summed E-state index contributed by atoms with van der Waals surface area (Å²) >= 11 is 0. The SMILES string of the molecule is COC(=O)CCCCC(=O)C=CC1=C(C(C)CC(=O)O)C(=O)CC1O. The van der Waals surface area contributed by atoms with Gasteiger partial charge in [0.25, 0.3) is 0 Å². The van der Waals surface area contributed by atoms with Crippen molar-refractivity contribution in [1.29, 1.82) is 0 Å². The largest absolute Gasteiger partial charge is 0.481 e. The summed E-state index contributed by atoms with van der Waals surface area (Å²) in [5.74, 6) is -2.35. The minimum absolute atomic E-state index is 0.0910. The molecule has 0 heterocycles. The molecule has 0 radical (unpaired) electrons. The van der Waals surface area contributed by atoms with Gasteiger partial charge in [-0.2, -0.15) is 0 Å². The zero-order valence-corrected chi connectivity index (χ0v) is 14.5. The number of methoxy groups -OCH3 is 1. The van der Waals surface area contributed by atoms with E-state index in [9.17, 15) is 24.3 Å². The molecule has 2 unspecified atom stereocenters. The number of ether oxygens (including phenoxy) is 1. The number of esters is 1. The monoisotopic (exact) mass is 352 g/mol. The van der Waals surface area contributed by atoms with Crippen molar-refractivity contribution >= 4 is 23.5 Å². The van der Waals surface area contributed by atoms with Gasteiger partial charge < -0.3 is 14.9 Å². The van der Waals surface area contributed by atoms with Gasteiger partial charge in [-0.05, 0) is 30.4 Å². The molecule has 1 aliphatic carbocycles. The molecule has 2 atom stereocenters. The van der Waals surface area contributed by atoms with Crippen LogP contribution in [0.25, 0.3) is 0 Å². The summed E-state index contributed by atoms with van der Waals surface area (Å²) in [6, 6.07) is 0. The van der Waals surface area contributed by atoms with Gasteiger partial charge in [0.2, 0.25) is 0 Å². The number of unbranched alkanes of at least 4 members (excludes halogenated alkanes) is 1. The van der Waals surface area contributed by atoms with Gasteiger partial charge in [-0.1, -0.05) is 13.0 Å². The number of hydrogen-bond donors (Lipinski definition) is 2. The molecular formula is C18H24O7. The first-order chi connectivity index (χ1) is 11.8. The standard InChI is InChI=1S/C18H24O7/c1-11(9-16(22)23)18-13(14(20)10-15(18)21)8-7-12(19)5-3-4-6-17(24)25-2/h7-8,11,14,20H,3-6,9-10H2,1-2H3,(H,22,23). The van der Waals surface area contributed by atoms with Crippen molar-refractivity contribution in [3.63, 3.8) is 0 Å². The Morgan fingerprint density at radius 3 is 2.52 bits per heavy atom. The summed E-state index contributed by atoms with van der Waals surface area (Å²) in [5.41, 5.74) is 0.603.